The molecule has 0 aliphatic rings. The fourth-order valence-electron chi connectivity index (χ4n) is 2.29. The van der Waals surface area contributed by atoms with E-state index in [-0.39, 0.29) is 25.0 Å². The third-order valence-electron chi connectivity index (χ3n) is 3.65. The van der Waals surface area contributed by atoms with Crippen molar-refractivity contribution in [1.82, 2.24) is 9.97 Å². The predicted octanol–water partition coefficient (Wildman–Crippen LogP) is 2.28. The summed E-state index contributed by atoms with van der Waals surface area (Å²) >= 11 is 10.3. The monoisotopic (exact) mass is 449 g/mol. The van der Waals surface area contributed by atoms with E-state index in [0.717, 1.165) is 5.56 Å². The third kappa shape index (κ3) is 7.90. The number of allylic oxidation sites excluding steroid dienone is 1. The number of benzene rings is 1. The van der Waals surface area contributed by atoms with E-state index in [1.54, 1.807) is 0 Å². The second kappa shape index (κ2) is 12.7. The lowest BCUT2D eigenvalue weighted by molar-refractivity contribution is -0.115. The molecule has 11 heteroatoms. The molecular formula is C19H24ClN7O2S. The van der Waals surface area contributed by atoms with Gasteiger partial charge >= 0.3 is 0 Å². The summed E-state index contributed by atoms with van der Waals surface area (Å²) in [7, 11) is 0. The Morgan fingerprint density at radius 2 is 2.20 bits per heavy atom. The van der Waals surface area contributed by atoms with Gasteiger partial charge < -0.3 is 26.8 Å². The molecule has 1 aromatic carbocycles. The Balaban J connectivity index is 2.03. The summed E-state index contributed by atoms with van der Waals surface area (Å²) in [4.78, 5) is 24.2. The Bertz CT molecular complexity index is 908. The maximum absolute atomic E-state index is 11.7. The number of halogens is 1. The molecule has 160 valence electrons. The summed E-state index contributed by atoms with van der Waals surface area (Å²) in [5.41, 5.74) is 7.67. The Labute approximate surface area is 185 Å². The minimum absolute atomic E-state index is 0.0556. The van der Waals surface area contributed by atoms with Crippen LogP contribution >= 0.6 is 24.2 Å². The van der Waals surface area contributed by atoms with Crippen molar-refractivity contribution in [1.29, 1.82) is 0 Å². The number of aromatic nitrogens is 2. The molecule has 0 fully saturated rings. The number of nitrogens with one attached hydrogen (secondary N) is 3. The Morgan fingerprint density at radius 3 is 2.93 bits per heavy atom. The molecule has 0 saturated heterocycles. The van der Waals surface area contributed by atoms with Crippen molar-refractivity contribution in [2.75, 3.05) is 34.9 Å². The lowest BCUT2D eigenvalue weighted by atomic mass is 10.2. The molecule has 9 nitrogen and oxygen atoms in total. The summed E-state index contributed by atoms with van der Waals surface area (Å²) in [6.45, 7) is 0.644. The molecule has 2 aromatic rings. The summed E-state index contributed by atoms with van der Waals surface area (Å²) in [6, 6.07) is 7.46. The number of carbonyl (C=O) groups is 1. The molecule has 0 atom stereocenters. The van der Waals surface area contributed by atoms with Crippen LogP contribution in [0.15, 0.2) is 47.4 Å². The van der Waals surface area contributed by atoms with Gasteiger partial charge in [-0.3, -0.25) is 9.79 Å². The average Bonchev–Trinajstić information content (AvgIpc) is 2.73. The number of aliphatic hydroxyl groups is 1. The number of anilines is 3. The first-order valence-corrected chi connectivity index (χ1v) is 10.1. The van der Waals surface area contributed by atoms with Gasteiger partial charge in [-0.1, -0.05) is 23.7 Å². The first kappa shape index (κ1) is 23.5. The standard InChI is InChI=1S/C19H24ClN7O2S/c20-16-12-24-19(26-15(9-21)11-22-5-6-28)27-18(16)23-10-13-2-1-3-14(8-13)25-17(29)4-7-30/h1-3,8-9,11-12,28,30H,4-7,10,21H2,(H,25,29)(H2,23,24,26,27). The number of thiol groups is 1. The van der Waals surface area contributed by atoms with Crippen molar-refractivity contribution in [2.45, 2.75) is 13.0 Å². The van der Waals surface area contributed by atoms with Crippen LogP contribution in [0.5, 0.6) is 0 Å². The minimum Gasteiger partial charge on any atom is -0.403 e. The predicted molar refractivity (Wildman–Crippen MR) is 124 cm³/mol. The highest BCUT2D eigenvalue weighted by Gasteiger charge is 2.07. The summed E-state index contributed by atoms with van der Waals surface area (Å²) in [5.74, 6) is 1.12. The fourth-order valence-corrected chi connectivity index (χ4v) is 2.65. The zero-order valence-electron chi connectivity index (χ0n) is 16.2. The number of hydrogen-bond acceptors (Lipinski definition) is 9. The molecule has 30 heavy (non-hydrogen) atoms. The van der Waals surface area contributed by atoms with Crippen molar-refractivity contribution < 1.29 is 9.90 Å². The van der Waals surface area contributed by atoms with Gasteiger partial charge in [-0.25, -0.2) is 4.98 Å². The molecule has 2 rings (SSSR count). The van der Waals surface area contributed by atoms with E-state index in [2.05, 4.69) is 43.5 Å². The molecule has 0 unspecified atom stereocenters. The van der Waals surface area contributed by atoms with Gasteiger partial charge in [0.2, 0.25) is 11.9 Å². The molecule has 1 aromatic heterocycles. The number of hydrogen-bond donors (Lipinski definition) is 6. The van der Waals surface area contributed by atoms with Crippen LogP contribution in [-0.2, 0) is 11.3 Å². The molecule has 0 radical (unpaired) electrons. The van der Waals surface area contributed by atoms with Crippen molar-refractivity contribution in [3.8, 4) is 0 Å². The van der Waals surface area contributed by atoms with Crippen LogP contribution in [0, 0.1) is 0 Å². The number of amides is 1. The Hall–Kier alpha value is -2.82. The topological polar surface area (TPSA) is 138 Å². The second-order valence-corrected chi connectivity index (χ2v) is 6.83. The van der Waals surface area contributed by atoms with Gasteiger partial charge in [0.1, 0.15) is 5.02 Å². The maximum Gasteiger partial charge on any atom is 0.229 e. The maximum atomic E-state index is 11.7. The van der Waals surface area contributed by atoms with E-state index in [4.69, 9.17) is 22.4 Å². The molecule has 0 aliphatic heterocycles. The van der Waals surface area contributed by atoms with Crippen LogP contribution in [0.1, 0.15) is 12.0 Å². The van der Waals surface area contributed by atoms with E-state index in [0.29, 0.717) is 40.9 Å². The molecule has 0 spiro atoms. The van der Waals surface area contributed by atoms with Crippen molar-refractivity contribution in [2.24, 2.45) is 10.7 Å². The van der Waals surface area contributed by atoms with Crippen molar-refractivity contribution in [3.05, 3.63) is 52.9 Å². The normalized spacial score (nSPS) is 11.5. The zero-order valence-corrected chi connectivity index (χ0v) is 17.8. The lowest BCUT2D eigenvalue weighted by Gasteiger charge is -2.11. The Morgan fingerprint density at radius 1 is 1.37 bits per heavy atom. The number of rotatable bonds is 11. The number of aliphatic hydroxyl groups excluding tert-OH is 1. The molecular weight excluding hydrogens is 426 g/mol. The zero-order chi connectivity index (χ0) is 21.8. The number of nitrogens with two attached hydrogens (primary N) is 1. The number of nitrogens with zero attached hydrogens (tertiary/aromatic N) is 3. The van der Waals surface area contributed by atoms with E-state index < -0.39 is 0 Å². The third-order valence-corrected chi connectivity index (χ3v) is 4.15. The van der Waals surface area contributed by atoms with Gasteiger partial charge in [0.05, 0.1) is 25.0 Å². The number of carbonyl (C=O) groups excluding carboxylic acids is 1. The summed E-state index contributed by atoms with van der Waals surface area (Å²) in [5, 5.41) is 18.0. The van der Waals surface area contributed by atoms with Crippen LogP contribution in [0.4, 0.5) is 17.5 Å². The highest BCUT2D eigenvalue weighted by atomic mass is 35.5. The van der Waals surface area contributed by atoms with E-state index >= 15 is 0 Å². The van der Waals surface area contributed by atoms with Crippen LogP contribution in [0.2, 0.25) is 5.02 Å². The van der Waals surface area contributed by atoms with E-state index in [1.165, 1.54) is 18.6 Å². The van der Waals surface area contributed by atoms with Crippen molar-refractivity contribution in [3.63, 3.8) is 0 Å². The summed E-state index contributed by atoms with van der Waals surface area (Å²) in [6.07, 6.45) is 4.61. The van der Waals surface area contributed by atoms with Crippen molar-refractivity contribution >= 4 is 53.8 Å². The van der Waals surface area contributed by atoms with Gasteiger partial charge in [0.25, 0.3) is 0 Å². The molecule has 0 bridgehead atoms. The fraction of sp³-hybridized carbons (Fsp3) is 0.263. The van der Waals surface area contributed by atoms with Gasteiger partial charge in [-0.05, 0) is 23.4 Å². The van der Waals surface area contributed by atoms with Gasteiger partial charge in [0.15, 0.2) is 5.82 Å². The van der Waals surface area contributed by atoms with Crippen LogP contribution in [-0.4, -0.2) is 46.1 Å². The Kier molecular flexibility index (Phi) is 9.92. The molecule has 1 heterocycles. The lowest BCUT2D eigenvalue weighted by Crippen LogP contribution is -2.12. The van der Waals surface area contributed by atoms with Gasteiger partial charge in [-0.15, -0.1) is 0 Å². The number of aliphatic imine (C=N–C) groups is 1. The molecule has 0 aliphatic carbocycles. The SMILES string of the molecule is NC=C(C=NCCO)Nc1ncc(Cl)c(NCc2cccc(NC(=O)CCS)c2)n1. The second-order valence-electron chi connectivity index (χ2n) is 5.97. The average molecular weight is 450 g/mol. The van der Waals surface area contributed by atoms with E-state index in [1.807, 2.05) is 24.3 Å². The highest BCUT2D eigenvalue weighted by Crippen LogP contribution is 2.21. The molecule has 6 N–H and O–H groups in total. The first-order chi connectivity index (χ1) is 14.5. The molecule has 1 amide bonds. The highest BCUT2D eigenvalue weighted by molar-refractivity contribution is 7.80. The van der Waals surface area contributed by atoms with Gasteiger partial charge in [-0.2, -0.15) is 17.6 Å². The van der Waals surface area contributed by atoms with Gasteiger partial charge in [0, 0.05) is 31.1 Å². The molecule has 0 saturated carbocycles. The minimum atomic E-state index is -0.0871. The van der Waals surface area contributed by atoms with Crippen LogP contribution in [0.3, 0.4) is 0 Å². The quantitative estimate of drug-likeness (QED) is 0.228. The van der Waals surface area contributed by atoms with E-state index in [9.17, 15) is 4.79 Å². The van der Waals surface area contributed by atoms with Crippen LogP contribution < -0.4 is 21.7 Å². The first-order valence-electron chi connectivity index (χ1n) is 9.11. The smallest absolute Gasteiger partial charge is 0.229 e. The largest absolute Gasteiger partial charge is 0.403 e. The summed E-state index contributed by atoms with van der Waals surface area (Å²) < 4.78 is 0. The van der Waals surface area contributed by atoms with Crippen LogP contribution in [0.25, 0.3) is 0 Å².